The summed E-state index contributed by atoms with van der Waals surface area (Å²) in [5.41, 5.74) is 2.20. The number of para-hydroxylation sites is 1. The van der Waals surface area contributed by atoms with Gasteiger partial charge in [-0.1, -0.05) is 29.8 Å². The summed E-state index contributed by atoms with van der Waals surface area (Å²) in [6, 6.07) is 15.3. The first kappa shape index (κ1) is 18.8. The lowest BCUT2D eigenvalue weighted by atomic mass is 10.2. The lowest BCUT2D eigenvalue weighted by molar-refractivity contribution is 0.102. The zero-order chi connectivity index (χ0) is 19.4. The summed E-state index contributed by atoms with van der Waals surface area (Å²) < 4.78 is 13.3. The average molecular weight is 385 g/mol. The predicted molar refractivity (Wildman–Crippen MR) is 105 cm³/mol. The molecule has 1 heterocycles. The third-order valence-corrected chi connectivity index (χ3v) is 4.17. The molecule has 0 aliphatic carbocycles. The van der Waals surface area contributed by atoms with E-state index >= 15 is 0 Å². The van der Waals surface area contributed by atoms with Gasteiger partial charge in [0.05, 0.1) is 5.02 Å². The number of anilines is 3. The molecule has 0 unspecified atom stereocenters. The fourth-order valence-corrected chi connectivity index (χ4v) is 2.79. The number of nitrogens with zero attached hydrogens (tertiary/aromatic N) is 3. The first-order valence-electron chi connectivity index (χ1n) is 8.42. The first-order valence-corrected chi connectivity index (χ1v) is 8.80. The molecule has 3 aromatic rings. The van der Waals surface area contributed by atoms with E-state index in [-0.39, 0.29) is 10.7 Å². The number of rotatable bonds is 5. The van der Waals surface area contributed by atoms with E-state index in [4.69, 9.17) is 11.6 Å². The van der Waals surface area contributed by atoms with Gasteiger partial charge in [0, 0.05) is 23.6 Å². The molecule has 0 fully saturated rings. The fraction of sp³-hybridized carbons (Fsp3) is 0.150. The Hall–Kier alpha value is -2.99. The normalized spacial score (nSPS) is 10.5. The molecule has 0 aliphatic heterocycles. The van der Waals surface area contributed by atoms with Crippen molar-refractivity contribution in [1.82, 2.24) is 9.97 Å². The highest BCUT2D eigenvalue weighted by atomic mass is 35.5. The molecule has 27 heavy (non-hydrogen) atoms. The highest BCUT2D eigenvalue weighted by Crippen LogP contribution is 2.23. The van der Waals surface area contributed by atoms with E-state index in [0.29, 0.717) is 23.9 Å². The fourth-order valence-electron chi connectivity index (χ4n) is 2.61. The molecule has 7 heteroatoms. The van der Waals surface area contributed by atoms with Gasteiger partial charge < -0.3 is 10.2 Å². The third-order valence-electron chi connectivity index (χ3n) is 3.88. The molecule has 0 bridgehead atoms. The maximum atomic E-state index is 13.3. The standard InChI is InChI=1S/C20H18ClFN4O/c1-3-26(15-7-5-4-6-8-15)20-23-13(2)11-18(25-20)19(27)24-14-9-10-17(22)16(21)12-14/h4-12H,3H2,1-2H3,(H,24,27). The summed E-state index contributed by atoms with van der Waals surface area (Å²) in [6.07, 6.45) is 0. The summed E-state index contributed by atoms with van der Waals surface area (Å²) >= 11 is 5.76. The molecular formula is C20H18ClFN4O. The summed E-state index contributed by atoms with van der Waals surface area (Å²) in [5, 5.41) is 2.62. The number of hydrogen-bond acceptors (Lipinski definition) is 4. The van der Waals surface area contributed by atoms with Crippen LogP contribution in [0.15, 0.2) is 54.6 Å². The Kier molecular flexibility index (Phi) is 5.66. The third kappa shape index (κ3) is 4.41. The number of nitrogens with one attached hydrogen (secondary N) is 1. The van der Waals surface area contributed by atoms with E-state index in [2.05, 4.69) is 15.3 Å². The van der Waals surface area contributed by atoms with Crippen molar-refractivity contribution in [2.45, 2.75) is 13.8 Å². The number of benzene rings is 2. The van der Waals surface area contributed by atoms with Gasteiger partial charge in [-0.15, -0.1) is 0 Å². The van der Waals surface area contributed by atoms with E-state index in [1.807, 2.05) is 42.2 Å². The number of hydrogen-bond donors (Lipinski definition) is 1. The van der Waals surface area contributed by atoms with Crippen molar-refractivity contribution in [3.8, 4) is 0 Å². The van der Waals surface area contributed by atoms with Crippen LogP contribution < -0.4 is 10.2 Å². The van der Waals surface area contributed by atoms with Crippen LogP contribution in [0.2, 0.25) is 5.02 Å². The smallest absolute Gasteiger partial charge is 0.274 e. The molecule has 0 spiro atoms. The summed E-state index contributed by atoms with van der Waals surface area (Å²) in [7, 11) is 0. The van der Waals surface area contributed by atoms with Crippen molar-refractivity contribution in [2.75, 3.05) is 16.8 Å². The van der Waals surface area contributed by atoms with Gasteiger partial charge >= 0.3 is 0 Å². The second-order valence-electron chi connectivity index (χ2n) is 5.86. The SMILES string of the molecule is CCN(c1ccccc1)c1nc(C)cc(C(=O)Nc2ccc(F)c(Cl)c2)n1. The molecule has 0 radical (unpaired) electrons. The Balaban J connectivity index is 1.90. The first-order chi connectivity index (χ1) is 13.0. The number of halogens is 2. The maximum absolute atomic E-state index is 13.3. The lowest BCUT2D eigenvalue weighted by Crippen LogP contribution is -2.22. The van der Waals surface area contributed by atoms with Crippen LogP contribution in [0, 0.1) is 12.7 Å². The lowest BCUT2D eigenvalue weighted by Gasteiger charge is -2.21. The Labute approximate surface area is 161 Å². The Morgan fingerprint density at radius 2 is 1.89 bits per heavy atom. The van der Waals surface area contributed by atoms with Crippen molar-refractivity contribution in [3.63, 3.8) is 0 Å². The van der Waals surface area contributed by atoms with E-state index in [0.717, 1.165) is 5.69 Å². The number of carbonyl (C=O) groups is 1. The van der Waals surface area contributed by atoms with Crippen molar-refractivity contribution >= 4 is 34.8 Å². The van der Waals surface area contributed by atoms with Crippen LogP contribution in [-0.4, -0.2) is 22.4 Å². The minimum absolute atomic E-state index is 0.0615. The molecule has 3 rings (SSSR count). The monoisotopic (exact) mass is 384 g/mol. The van der Waals surface area contributed by atoms with Crippen molar-refractivity contribution in [1.29, 1.82) is 0 Å². The van der Waals surface area contributed by atoms with Gasteiger partial charge in [0.1, 0.15) is 11.5 Å². The second-order valence-corrected chi connectivity index (χ2v) is 6.26. The van der Waals surface area contributed by atoms with Crippen LogP contribution in [0.25, 0.3) is 0 Å². The van der Waals surface area contributed by atoms with E-state index < -0.39 is 11.7 Å². The number of amides is 1. The van der Waals surface area contributed by atoms with Gasteiger partial charge in [-0.25, -0.2) is 14.4 Å². The number of aromatic nitrogens is 2. The molecule has 0 aliphatic rings. The molecular weight excluding hydrogens is 367 g/mol. The Bertz CT molecular complexity index is 965. The van der Waals surface area contributed by atoms with Crippen molar-refractivity contribution in [2.24, 2.45) is 0 Å². The van der Waals surface area contributed by atoms with Crippen LogP contribution >= 0.6 is 11.6 Å². The molecule has 5 nitrogen and oxygen atoms in total. The van der Waals surface area contributed by atoms with Crippen LogP contribution in [0.4, 0.5) is 21.7 Å². The van der Waals surface area contributed by atoms with Gasteiger partial charge in [0.2, 0.25) is 5.95 Å². The van der Waals surface area contributed by atoms with Crippen molar-refractivity contribution < 1.29 is 9.18 Å². The minimum Gasteiger partial charge on any atom is -0.321 e. The Morgan fingerprint density at radius 1 is 1.15 bits per heavy atom. The molecule has 0 saturated heterocycles. The van der Waals surface area contributed by atoms with Gasteiger partial charge in [-0.3, -0.25) is 4.79 Å². The molecule has 0 saturated carbocycles. The van der Waals surface area contributed by atoms with Crippen LogP contribution in [0.1, 0.15) is 23.1 Å². The van der Waals surface area contributed by atoms with Crippen LogP contribution in [0.5, 0.6) is 0 Å². The van der Waals surface area contributed by atoms with Crippen LogP contribution in [0.3, 0.4) is 0 Å². The molecule has 1 N–H and O–H groups in total. The van der Waals surface area contributed by atoms with E-state index in [1.165, 1.54) is 18.2 Å². The largest absolute Gasteiger partial charge is 0.321 e. The minimum atomic E-state index is -0.545. The number of aryl methyl sites for hydroxylation is 1. The summed E-state index contributed by atoms with van der Waals surface area (Å²) in [4.78, 5) is 23.4. The highest BCUT2D eigenvalue weighted by Gasteiger charge is 2.16. The summed E-state index contributed by atoms with van der Waals surface area (Å²) in [5.74, 6) is -0.532. The van der Waals surface area contributed by atoms with Gasteiger partial charge in [-0.2, -0.15) is 0 Å². The van der Waals surface area contributed by atoms with Gasteiger partial charge in [-0.05, 0) is 50.2 Å². The quantitative estimate of drug-likeness (QED) is 0.673. The molecule has 1 amide bonds. The van der Waals surface area contributed by atoms with E-state index in [9.17, 15) is 9.18 Å². The average Bonchev–Trinajstić information content (AvgIpc) is 2.66. The Morgan fingerprint density at radius 3 is 2.56 bits per heavy atom. The van der Waals surface area contributed by atoms with Gasteiger partial charge in [0.25, 0.3) is 5.91 Å². The molecule has 1 aromatic heterocycles. The van der Waals surface area contributed by atoms with Gasteiger partial charge in [0.15, 0.2) is 0 Å². The molecule has 138 valence electrons. The van der Waals surface area contributed by atoms with Crippen molar-refractivity contribution in [3.05, 3.63) is 76.8 Å². The summed E-state index contributed by atoms with van der Waals surface area (Å²) in [6.45, 7) is 4.43. The number of carbonyl (C=O) groups excluding carboxylic acids is 1. The topological polar surface area (TPSA) is 58.1 Å². The van der Waals surface area contributed by atoms with E-state index in [1.54, 1.807) is 13.0 Å². The van der Waals surface area contributed by atoms with Crippen LogP contribution in [-0.2, 0) is 0 Å². The zero-order valence-corrected chi connectivity index (χ0v) is 15.7. The molecule has 2 aromatic carbocycles. The predicted octanol–water partition coefficient (Wildman–Crippen LogP) is 4.99. The second kappa shape index (κ2) is 8.14. The maximum Gasteiger partial charge on any atom is 0.274 e. The highest BCUT2D eigenvalue weighted by molar-refractivity contribution is 6.31. The molecule has 0 atom stereocenters. The zero-order valence-electron chi connectivity index (χ0n) is 14.9.